The molecule has 3 aliphatic heterocycles. The fourth-order valence-corrected chi connectivity index (χ4v) is 10.6. The second kappa shape index (κ2) is 40.2. The lowest BCUT2D eigenvalue weighted by atomic mass is 9.75. The van der Waals surface area contributed by atoms with E-state index in [4.69, 9.17) is 18.9 Å². The van der Waals surface area contributed by atoms with Crippen LogP contribution in [0.3, 0.4) is 0 Å². The van der Waals surface area contributed by atoms with Crippen LogP contribution in [0.1, 0.15) is 267 Å². The molecule has 0 aromatic heterocycles. The van der Waals surface area contributed by atoms with Gasteiger partial charge in [0.25, 0.3) is 0 Å². The number of allylic oxidation sites excluding steroid dienone is 2. The highest BCUT2D eigenvalue weighted by Gasteiger charge is 2.49. The highest BCUT2D eigenvalue weighted by molar-refractivity contribution is 5.66. The van der Waals surface area contributed by atoms with Crippen molar-refractivity contribution in [2.75, 3.05) is 13.2 Å². The van der Waals surface area contributed by atoms with Crippen LogP contribution in [-0.2, 0) is 23.7 Å². The maximum absolute atomic E-state index is 10.2. The van der Waals surface area contributed by atoms with Gasteiger partial charge in [-0.3, -0.25) is 4.79 Å². The fraction of sp³-hybridized carbons (Fsp3) is 0.948. The Kier molecular flexibility index (Phi) is 40.9. The van der Waals surface area contributed by atoms with Crippen LogP contribution >= 0.6 is 0 Å². The van der Waals surface area contributed by atoms with E-state index >= 15 is 0 Å². The second-order valence-electron chi connectivity index (χ2n) is 20.4. The van der Waals surface area contributed by atoms with Crippen LogP contribution in [0.5, 0.6) is 0 Å². The molecule has 12 atom stereocenters. The Bertz CT molecular complexity index is 974. The number of epoxide rings is 1. The highest BCUT2D eigenvalue weighted by atomic mass is 16.6. The molecule has 4 saturated carbocycles. The van der Waals surface area contributed by atoms with Gasteiger partial charge in [-0.2, -0.15) is 0 Å². The summed E-state index contributed by atoms with van der Waals surface area (Å²) in [5, 5.41) is 0. The first-order valence-electron chi connectivity index (χ1n) is 28.0. The van der Waals surface area contributed by atoms with Crippen molar-refractivity contribution in [2.45, 2.75) is 296 Å². The van der Waals surface area contributed by atoms with E-state index in [0.29, 0.717) is 36.3 Å². The molecule has 0 N–H and O–H groups in total. The Balaban J connectivity index is -0.000000682. The topological polar surface area (TPSA) is 57.3 Å². The van der Waals surface area contributed by atoms with Crippen LogP contribution in [0.4, 0.5) is 0 Å². The standard InChI is InChI=1S/C12H22O.C10H16.C8H14O2.C8H16.C6H12O2.2C5H12.2C2H6.H2/c1-3-5-9-7-11-12(13-11)8-10(9)6-4-2;1-2-9-7-4-5-8(6-7)10(9)3-1;1-5-3-9-8-6(2)4-10-7(5)8;1-3-5-7-8-6-4-2;1-5(7)8-6(2,3)4;2*1-3-5-4-2;2*1-2;/h9-12H,3-8H2,1-2H3;7-10H,1-6H2;5-8H,3-4H2,1-2H3;7-8H,3-6H2,1-2H3;1-4H3;2*3-5H2,1-2H3;2*1-2H3;1H/b;;;8-7-;;;;;;. The van der Waals surface area contributed by atoms with E-state index in [1.807, 2.05) is 48.5 Å². The minimum atomic E-state index is -0.328. The Labute approximate surface area is 398 Å². The highest BCUT2D eigenvalue weighted by Crippen LogP contribution is 2.58. The van der Waals surface area contributed by atoms with Crippen molar-refractivity contribution in [3.63, 3.8) is 0 Å². The van der Waals surface area contributed by atoms with Crippen molar-refractivity contribution < 1.29 is 25.2 Å². The summed E-state index contributed by atoms with van der Waals surface area (Å²) < 4.78 is 21.6. The van der Waals surface area contributed by atoms with Crippen LogP contribution in [0, 0.1) is 47.3 Å². The lowest BCUT2D eigenvalue weighted by Gasteiger charge is -2.28. The predicted octanol–water partition coefficient (Wildman–Crippen LogP) is 18.5. The van der Waals surface area contributed by atoms with E-state index in [2.05, 4.69) is 81.4 Å². The number of unbranched alkanes of at least 4 members (excludes halogenated alkanes) is 6. The van der Waals surface area contributed by atoms with Crippen molar-refractivity contribution >= 4 is 5.97 Å². The van der Waals surface area contributed by atoms with Crippen molar-refractivity contribution in [1.29, 1.82) is 0 Å². The van der Waals surface area contributed by atoms with Gasteiger partial charge in [-0.25, -0.2) is 0 Å². The van der Waals surface area contributed by atoms with Crippen LogP contribution < -0.4 is 0 Å². The zero-order valence-corrected chi connectivity index (χ0v) is 46.1. The molecule has 0 spiro atoms. The van der Waals surface area contributed by atoms with Crippen LogP contribution in [0.2, 0.25) is 0 Å². The molecule has 4 aliphatic carbocycles. The molecule has 3 heterocycles. The zero-order chi connectivity index (χ0) is 48.2. The third-order valence-corrected chi connectivity index (χ3v) is 13.6. The second-order valence-corrected chi connectivity index (χ2v) is 20.4. The normalized spacial score (nSPS) is 30.8. The van der Waals surface area contributed by atoms with Crippen molar-refractivity contribution in [1.82, 2.24) is 0 Å². The van der Waals surface area contributed by atoms with Crippen LogP contribution in [0.15, 0.2) is 12.2 Å². The smallest absolute Gasteiger partial charge is 0.303 e. The van der Waals surface area contributed by atoms with Gasteiger partial charge in [0, 0.05) is 20.2 Å². The molecule has 0 radical (unpaired) electrons. The first-order chi connectivity index (χ1) is 30.2. The zero-order valence-electron chi connectivity index (χ0n) is 46.1. The van der Waals surface area contributed by atoms with Crippen molar-refractivity contribution in [2.24, 2.45) is 47.3 Å². The molecule has 2 bridgehead atoms. The monoisotopic (exact) mass is 895 g/mol. The Morgan fingerprint density at radius 2 is 0.968 bits per heavy atom. The number of esters is 1. The average molecular weight is 896 g/mol. The number of hydrogen-bond donors (Lipinski definition) is 0. The summed E-state index contributed by atoms with van der Waals surface area (Å²) in [4.78, 5) is 10.2. The molecule has 7 aliphatic rings. The summed E-state index contributed by atoms with van der Waals surface area (Å²) in [5.41, 5.74) is -0.328. The first-order valence-corrected chi connectivity index (χ1v) is 28.0. The van der Waals surface area contributed by atoms with Gasteiger partial charge in [-0.05, 0) is 114 Å². The summed E-state index contributed by atoms with van der Waals surface area (Å²) in [5.74, 6) is 7.75. The van der Waals surface area contributed by atoms with Gasteiger partial charge in [0.15, 0.2) is 0 Å². The Morgan fingerprint density at radius 1 is 0.587 bits per heavy atom. The van der Waals surface area contributed by atoms with E-state index in [-0.39, 0.29) is 13.0 Å². The summed E-state index contributed by atoms with van der Waals surface area (Å²) in [6, 6.07) is 0. The van der Waals surface area contributed by atoms with E-state index in [1.165, 1.54) is 133 Å². The lowest BCUT2D eigenvalue weighted by molar-refractivity contribution is -0.151. The summed E-state index contributed by atoms with van der Waals surface area (Å²) >= 11 is 0. The van der Waals surface area contributed by atoms with Gasteiger partial charge in [-0.15, -0.1) is 0 Å². The quantitative estimate of drug-likeness (QED) is 0.111. The largest absolute Gasteiger partial charge is 0.460 e. The average Bonchev–Trinajstić information content (AvgIpc) is 3.84. The molecule has 3 saturated heterocycles. The van der Waals surface area contributed by atoms with E-state index in [1.54, 1.807) is 38.5 Å². The SMILES string of the molecule is C1CC2C3CCC(C3)C2C1.CC.CC.CC(=O)OC(C)(C)C.CC1COC2C(C)COC12.CCC/C=C\CCC.CCCC1CC2OC2CC1CCC.CCCCC.CCCCC.[HH]. The molecule has 5 heteroatoms. The first kappa shape index (κ1) is 64.2. The lowest BCUT2D eigenvalue weighted by Crippen LogP contribution is -2.24. The van der Waals surface area contributed by atoms with Crippen molar-refractivity contribution in [3.8, 4) is 0 Å². The number of carbonyl (C=O) groups is 1. The van der Waals surface area contributed by atoms with Crippen LogP contribution in [-0.4, -0.2) is 49.2 Å². The molecule has 5 nitrogen and oxygen atoms in total. The van der Waals surface area contributed by atoms with E-state index < -0.39 is 0 Å². The fourth-order valence-electron chi connectivity index (χ4n) is 10.6. The van der Waals surface area contributed by atoms with E-state index in [9.17, 15) is 4.79 Å². The predicted molar refractivity (Wildman–Crippen MR) is 280 cm³/mol. The van der Waals surface area contributed by atoms with E-state index in [0.717, 1.165) is 25.0 Å². The maximum Gasteiger partial charge on any atom is 0.303 e. The molecule has 0 aromatic rings. The van der Waals surface area contributed by atoms with Gasteiger partial charge in [0.2, 0.25) is 0 Å². The molecule has 0 amide bonds. The summed E-state index contributed by atoms with van der Waals surface area (Å²) in [6.45, 7) is 39.0. The van der Waals surface area contributed by atoms with Gasteiger partial charge in [0.1, 0.15) is 5.60 Å². The van der Waals surface area contributed by atoms with Crippen LogP contribution in [0.25, 0.3) is 0 Å². The van der Waals surface area contributed by atoms with Crippen molar-refractivity contribution in [3.05, 3.63) is 12.2 Å². The molecular weight excluding hydrogens is 777 g/mol. The molecule has 63 heavy (non-hydrogen) atoms. The molecule has 0 aromatic carbocycles. The molecule has 12 unspecified atom stereocenters. The van der Waals surface area contributed by atoms with Gasteiger partial charge in [-0.1, -0.05) is 193 Å². The number of ether oxygens (including phenoxy) is 4. The molecule has 7 rings (SSSR count). The number of hydrogen-bond acceptors (Lipinski definition) is 5. The molecule has 380 valence electrons. The third-order valence-electron chi connectivity index (χ3n) is 13.6. The van der Waals surface area contributed by atoms with Gasteiger partial charge in [0.05, 0.1) is 37.6 Å². The Hall–Kier alpha value is -0.910. The molecular formula is C58H118O5. The molecule has 7 fully saturated rings. The number of rotatable bonds is 12. The minimum absolute atomic E-state index is 0. The summed E-state index contributed by atoms with van der Waals surface area (Å²) in [7, 11) is 0. The van der Waals surface area contributed by atoms with Gasteiger partial charge < -0.3 is 18.9 Å². The van der Waals surface area contributed by atoms with Gasteiger partial charge >= 0.3 is 5.97 Å². The minimum Gasteiger partial charge on any atom is -0.460 e. The number of carbonyl (C=O) groups excluding carboxylic acids is 1. The Morgan fingerprint density at radius 3 is 1.24 bits per heavy atom. The summed E-state index contributed by atoms with van der Waals surface area (Å²) in [6.07, 6.45) is 37.7. The number of fused-ring (bicyclic) bond motifs is 7. The third kappa shape index (κ3) is 28.8. The maximum atomic E-state index is 10.2.